The van der Waals surface area contributed by atoms with Gasteiger partial charge in [0, 0.05) is 37.4 Å². The molecule has 2 aromatic rings. The summed E-state index contributed by atoms with van der Waals surface area (Å²) in [5.41, 5.74) is 29.4. The van der Waals surface area contributed by atoms with Crippen molar-refractivity contribution in [2.75, 3.05) is 31.1 Å². The Morgan fingerprint density at radius 1 is 0.757 bits per heavy atom. The molecule has 2 fully saturated rings. The van der Waals surface area contributed by atoms with Crippen molar-refractivity contribution in [2.24, 2.45) is 39.6 Å². The van der Waals surface area contributed by atoms with E-state index < -0.39 is 126 Å². The number of carbonyl (C=O) groups excluding carboxylic acids is 10. The van der Waals surface area contributed by atoms with E-state index in [1.807, 2.05) is 0 Å². The minimum Gasteiger partial charge on any atom is -0.508 e. The molecule has 2 aromatic carbocycles. The molecule has 404 valence electrons. The quantitative estimate of drug-likeness (QED) is 0.0297. The van der Waals surface area contributed by atoms with Crippen LogP contribution in [0.2, 0.25) is 0 Å². The Balaban J connectivity index is 1.74. The van der Waals surface area contributed by atoms with Crippen LogP contribution < -0.4 is 65.9 Å². The van der Waals surface area contributed by atoms with Gasteiger partial charge in [-0.2, -0.15) is 0 Å². The second-order valence-corrected chi connectivity index (χ2v) is 20.5. The van der Waals surface area contributed by atoms with Crippen LogP contribution in [0.5, 0.6) is 5.75 Å². The minimum absolute atomic E-state index is 0.00784. The topological polar surface area (TPSA) is 421 Å². The number of rotatable bonds is 18. The lowest BCUT2D eigenvalue weighted by Crippen LogP contribution is -2.61. The second-order valence-electron chi connectivity index (χ2n) is 17.9. The molecule has 2 aliphatic heterocycles. The molecule has 25 nitrogen and oxygen atoms in total. The number of benzene rings is 2. The maximum Gasteiger partial charge on any atom is 0.246 e. The molecular weight excluding hydrogens is 1000 g/mol. The van der Waals surface area contributed by atoms with E-state index in [1.165, 1.54) is 17.0 Å². The number of guanidine groups is 1. The third-order valence-electron chi connectivity index (χ3n) is 12.1. The van der Waals surface area contributed by atoms with Gasteiger partial charge in [-0.25, -0.2) is 0 Å². The lowest BCUT2D eigenvalue weighted by Gasteiger charge is -2.31. The number of nitrogens with zero attached hydrogens (tertiary/aromatic N) is 2. The first-order valence-electron chi connectivity index (χ1n) is 24.0. The van der Waals surface area contributed by atoms with Crippen LogP contribution >= 0.6 is 21.6 Å². The van der Waals surface area contributed by atoms with Crippen molar-refractivity contribution in [3.05, 3.63) is 65.7 Å². The van der Waals surface area contributed by atoms with Crippen LogP contribution in [0.3, 0.4) is 0 Å². The normalized spacial score (nSPS) is 23.3. The van der Waals surface area contributed by atoms with Crippen LogP contribution in [-0.2, 0) is 60.8 Å². The molecule has 0 saturated carbocycles. The molecular formula is C47H68N14O11S2. The summed E-state index contributed by atoms with van der Waals surface area (Å²) in [5, 5.41) is 28.2. The van der Waals surface area contributed by atoms with Gasteiger partial charge in [-0.15, -0.1) is 0 Å². The molecule has 9 atom stereocenters. The van der Waals surface area contributed by atoms with Crippen molar-refractivity contribution in [3.8, 4) is 5.75 Å². The number of phenolic OH excluding ortho intramolecular Hbond substituents is 1. The number of phenols is 1. The molecule has 10 amide bonds. The standard InChI is InChI=1S/C47H68N14O11S2/c1-3-25(2)38(45(71)54-22-37(50)64)60-44(70)35-12-8-18-61(35)46(72)34-24-74-73-23-29(48)39(65)56-31(20-27-13-15-28(62)16-14-27)42(68)57-32(19-26-9-5-4-6-10-26)41(67)55-30(11-7-17-53-47(51)52)40(66)58-33(21-36(49)63)43(69)59-34/h4-6,9-10,13-16,25,29-35,38,62H,3,7-8,11-12,17-24,48H2,1-2H3,(H2,49,63)(H2,50,64)(H,54,71)(H,55,67)(H,56,65)(H,57,68)(H,58,66)(H,59,69)(H,60,70)(H4,51,52,53)/t25-,29-,30-,31-,32-,33-,34-,35-,38-/m0/s1. The van der Waals surface area contributed by atoms with Gasteiger partial charge in [0.15, 0.2) is 5.96 Å². The predicted molar refractivity (Wildman–Crippen MR) is 277 cm³/mol. The fraction of sp³-hybridized carbons (Fsp3) is 0.511. The van der Waals surface area contributed by atoms with Crippen LogP contribution in [0, 0.1) is 5.92 Å². The van der Waals surface area contributed by atoms with Gasteiger partial charge in [0.2, 0.25) is 59.1 Å². The molecule has 74 heavy (non-hydrogen) atoms. The SMILES string of the molecule is CC[C@H](C)[C@H](NC(=O)[C@@H]1CCCN1C(=O)[C@@H]1CSSC[C@H](N)C(=O)N[C@@H](Cc2ccc(O)cc2)C(=O)N[C@@H](Cc2ccccc2)C(=O)N[C@@H](CCCN=C(N)N)C(=O)N[C@@H](CC(N)=O)C(=O)N1)C(=O)NCC(N)=O. The van der Waals surface area contributed by atoms with Crippen molar-refractivity contribution in [3.63, 3.8) is 0 Å². The number of amides is 10. The largest absolute Gasteiger partial charge is 0.508 e. The first-order chi connectivity index (χ1) is 35.2. The Labute approximate surface area is 436 Å². The maximum atomic E-state index is 14.6. The molecule has 0 radical (unpaired) electrons. The molecule has 0 bridgehead atoms. The number of hydrogen-bond donors (Lipinski definition) is 13. The van der Waals surface area contributed by atoms with Gasteiger partial charge in [-0.3, -0.25) is 52.9 Å². The zero-order valence-corrected chi connectivity index (χ0v) is 42.8. The number of primary amides is 2. The van der Waals surface area contributed by atoms with Gasteiger partial charge in [0.05, 0.1) is 19.0 Å². The van der Waals surface area contributed by atoms with E-state index in [-0.39, 0.29) is 68.4 Å². The van der Waals surface area contributed by atoms with E-state index in [0.717, 1.165) is 21.6 Å². The third-order valence-corrected chi connectivity index (χ3v) is 14.6. The maximum absolute atomic E-state index is 14.6. The molecule has 4 rings (SSSR count). The fourth-order valence-electron chi connectivity index (χ4n) is 7.91. The van der Waals surface area contributed by atoms with Crippen LogP contribution in [-0.4, -0.2) is 155 Å². The van der Waals surface area contributed by atoms with Gasteiger partial charge < -0.3 is 75.9 Å². The van der Waals surface area contributed by atoms with Gasteiger partial charge in [0.25, 0.3) is 0 Å². The predicted octanol–water partition coefficient (Wildman–Crippen LogP) is -3.62. The first-order valence-corrected chi connectivity index (χ1v) is 26.5. The lowest BCUT2D eigenvalue weighted by molar-refractivity contribution is -0.142. The second kappa shape index (κ2) is 29.5. The average molecular weight is 1070 g/mol. The molecule has 0 spiro atoms. The summed E-state index contributed by atoms with van der Waals surface area (Å²) >= 11 is 0. The summed E-state index contributed by atoms with van der Waals surface area (Å²) in [6.45, 7) is 3.11. The monoisotopic (exact) mass is 1070 g/mol. The van der Waals surface area contributed by atoms with E-state index in [9.17, 15) is 53.1 Å². The van der Waals surface area contributed by atoms with Crippen LogP contribution in [0.1, 0.15) is 63.5 Å². The summed E-state index contributed by atoms with van der Waals surface area (Å²) in [6.07, 6.45) is -0.0233. The smallest absolute Gasteiger partial charge is 0.246 e. The number of carbonyl (C=O) groups is 10. The van der Waals surface area contributed by atoms with E-state index in [0.29, 0.717) is 24.0 Å². The molecule has 2 heterocycles. The molecule has 27 heteroatoms. The minimum atomic E-state index is -1.72. The molecule has 0 aliphatic carbocycles. The zero-order chi connectivity index (χ0) is 54.5. The number of nitrogens with one attached hydrogen (secondary N) is 7. The van der Waals surface area contributed by atoms with Crippen molar-refractivity contribution < 1.29 is 53.1 Å². The van der Waals surface area contributed by atoms with Gasteiger partial charge in [-0.1, -0.05) is 84.3 Å². The van der Waals surface area contributed by atoms with E-state index >= 15 is 0 Å². The third kappa shape index (κ3) is 19.0. The Hall–Kier alpha value is -7.13. The fourth-order valence-corrected chi connectivity index (χ4v) is 10.2. The van der Waals surface area contributed by atoms with Gasteiger partial charge in [-0.05, 0) is 54.9 Å². The molecule has 0 aromatic heterocycles. The summed E-state index contributed by atoms with van der Waals surface area (Å²) in [7, 11) is 2.07. The molecule has 2 aliphatic rings. The summed E-state index contributed by atoms with van der Waals surface area (Å²) in [6, 6.07) is 3.71. The van der Waals surface area contributed by atoms with Crippen molar-refractivity contribution in [2.45, 2.75) is 114 Å². The highest BCUT2D eigenvalue weighted by Crippen LogP contribution is 2.26. The Kier molecular flexibility index (Phi) is 23.7. The molecule has 0 unspecified atom stereocenters. The molecule has 2 saturated heterocycles. The Morgan fingerprint density at radius 2 is 1.32 bits per heavy atom. The van der Waals surface area contributed by atoms with E-state index in [2.05, 4.69) is 42.2 Å². The number of likely N-dealkylation sites (tertiary alicyclic amines) is 1. The highest BCUT2D eigenvalue weighted by molar-refractivity contribution is 8.76. The average Bonchev–Trinajstić information content (AvgIpc) is 3.86. The van der Waals surface area contributed by atoms with E-state index in [4.69, 9.17) is 28.7 Å². The van der Waals surface area contributed by atoms with Gasteiger partial charge in [0.1, 0.15) is 48.0 Å². The first kappa shape index (κ1) is 59.4. The van der Waals surface area contributed by atoms with Crippen LogP contribution in [0.15, 0.2) is 59.6 Å². The van der Waals surface area contributed by atoms with Crippen molar-refractivity contribution in [1.82, 2.24) is 42.1 Å². The number of aliphatic imine (C=N–C) groups is 1. The Morgan fingerprint density at radius 3 is 1.93 bits per heavy atom. The lowest BCUT2D eigenvalue weighted by atomic mass is 9.97. The zero-order valence-electron chi connectivity index (χ0n) is 41.2. The Bertz CT molecular complexity index is 2340. The van der Waals surface area contributed by atoms with Crippen molar-refractivity contribution >= 4 is 86.6 Å². The van der Waals surface area contributed by atoms with Crippen LogP contribution in [0.4, 0.5) is 0 Å². The highest BCUT2D eigenvalue weighted by Gasteiger charge is 2.41. The summed E-state index contributed by atoms with van der Waals surface area (Å²) in [5.74, 6) is -9.30. The summed E-state index contributed by atoms with van der Waals surface area (Å²) < 4.78 is 0. The summed E-state index contributed by atoms with van der Waals surface area (Å²) in [4.78, 5) is 142. The highest BCUT2D eigenvalue weighted by atomic mass is 33.1. The number of aromatic hydroxyl groups is 1. The molecule has 18 N–H and O–H groups in total. The van der Waals surface area contributed by atoms with Crippen LogP contribution in [0.25, 0.3) is 0 Å². The van der Waals surface area contributed by atoms with Gasteiger partial charge >= 0.3 is 0 Å². The number of hydrogen-bond acceptors (Lipinski definition) is 15. The van der Waals surface area contributed by atoms with E-state index in [1.54, 1.807) is 56.3 Å². The number of nitrogens with two attached hydrogens (primary N) is 5. The van der Waals surface area contributed by atoms with Crippen molar-refractivity contribution in [1.29, 1.82) is 0 Å².